The van der Waals surface area contributed by atoms with Crippen LogP contribution in [0.2, 0.25) is 0 Å². The lowest BCUT2D eigenvalue weighted by Crippen LogP contribution is -2.51. The Morgan fingerprint density at radius 1 is 0.944 bits per heavy atom. The van der Waals surface area contributed by atoms with Gasteiger partial charge in [-0.2, -0.15) is 5.10 Å². The fourth-order valence-electron chi connectivity index (χ4n) is 5.88. The van der Waals surface area contributed by atoms with Gasteiger partial charge in [-0.25, -0.2) is 4.39 Å². The molecule has 3 fully saturated rings. The molecule has 2 amide bonds. The van der Waals surface area contributed by atoms with Crippen molar-refractivity contribution in [2.45, 2.75) is 43.7 Å². The van der Waals surface area contributed by atoms with Gasteiger partial charge < -0.3 is 10.2 Å². The van der Waals surface area contributed by atoms with E-state index in [9.17, 15) is 14.0 Å². The van der Waals surface area contributed by atoms with Gasteiger partial charge in [0.25, 0.3) is 5.91 Å². The number of carbonyl (C=O) groups excluding carboxylic acids is 2. The van der Waals surface area contributed by atoms with Crippen molar-refractivity contribution in [3.05, 3.63) is 83.8 Å². The topological polar surface area (TPSA) is 78.4 Å². The Morgan fingerprint density at radius 3 is 2.28 bits per heavy atom. The molecule has 0 saturated carbocycles. The van der Waals surface area contributed by atoms with Gasteiger partial charge in [-0.15, -0.1) is 5.10 Å². The van der Waals surface area contributed by atoms with Gasteiger partial charge in [-0.3, -0.25) is 14.5 Å². The first kappa shape index (κ1) is 22.8. The van der Waals surface area contributed by atoms with E-state index in [2.05, 4.69) is 27.6 Å². The molecule has 0 aliphatic carbocycles. The molecule has 3 aliphatic rings. The first-order chi connectivity index (χ1) is 17.6. The Bertz CT molecular complexity index is 1250. The van der Waals surface area contributed by atoms with Crippen LogP contribution in [0.1, 0.15) is 47.5 Å². The summed E-state index contributed by atoms with van der Waals surface area (Å²) in [6.45, 7) is 1.33. The van der Waals surface area contributed by atoms with Crippen LogP contribution in [0.5, 0.6) is 0 Å². The number of anilines is 2. The Kier molecular flexibility index (Phi) is 5.97. The summed E-state index contributed by atoms with van der Waals surface area (Å²) in [5.41, 5.74) is 2.13. The van der Waals surface area contributed by atoms with Crippen LogP contribution in [-0.2, 0) is 4.79 Å². The SMILES string of the molecule is O=C(C1CNC1)N(c1ccc(C2CC3CCC(C2)N3C(=O)c2ccccc2F)cc1)c1cccnn1. The van der Waals surface area contributed by atoms with Gasteiger partial charge in [0, 0.05) is 31.4 Å². The normalized spacial score (nSPS) is 23.2. The second-order valence-corrected chi connectivity index (χ2v) is 9.95. The van der Waals surface area contributed by atoms with Crippen molar-refractivity contribution in [1.82, 2.24) is 20.4 Å². The van der Waals surface area contributed by atoms with Crippen molar-refractivity contribution in [1.29, 1.82) is 0 Å². The van der Waals surface area contributed by atoms with E-state index in [1.165, 1.54) is 11.6 Å². The Labute approximate surface area is 209 Å². The molecule has 2 unspecified atom stereocenters. The molecule has 1 aromatic heterocycles. The number of fused-ring (bicyclic) bond motifs is 2. The molecule has 2 aromatic carbocycles. The monoisotopic (exact) mass is 485 g/mol. The number of benzene rings is 2. The fourth-order valence-corrected chi connectivity index (χ4v) is 5.88. The zero-order valence-electron chi connectivity index (χ0n) is 19.9. The summed E-state index contributed by atoms with van der Waals surface area (Å²) < 4.78 is 14.3. The van der Waals surface area contributed by atoms with Crippen LogP contribution in [0.4, 0.5) is 15.9 Å². The number of nitrogens with one attached hydrogen (secondary N) is 1. The third-order valence-electron chi connectivity index (χ3n) is 7.83. The maximum absolute atomic E-state index is 14.3. The maximum atomic E-state index is 14.3. The first-order valence-corrected chi connectivity index (χ1v) is 12.6. The van der Waals surface area contributed by atoms with E-state index in [1.807, 2.05) is 17.0 Å². The van der Waals surface area contributed by atoms with E-state index in [4.69, 9.17) is 0 Å². The summed E-state index contributed by atoms with van der Waals surface area (Å²) in [4.78, 5) is 29.9. The van der Waals surface area contributed by atoms with Gasteiger partial charge in [0.2, 0.25) is 5.91 Å². The van der Waals surface area contributed by atoms with E-state index < -0.39 is 5.82 Å². The minimum Gasteiger partial charge on any atom is -0.333 e. The van der Waals surface area contributed by atoms with E-state index in [0.29, 0.717) is 24.8 Å². The minimum absolute atomic E-state index is 0.0139. The third-order valence-corrected chi connectivity index (χ3v) is 7.83. The molecule has 0 radical (unpaired) electrons. The summed E-state index contributed by atoms with van der Waals surface area (Å²) in [5, 5.41) is 11.3. The molecule has 2 bridgehead atoms. The Balaban J connectivity index is 1.21. The molecule has 36 heavy (non-hydrogen) atoms. The number of hydrogen-bond acceptors (Lipinski definition) is 5. The lowest BCUT2D eigenvalue weighted by Gasteiger charge is -2.39. The molecule has 184 valence electrons. The van der Waals surface area contributed by atoms with Gasteiger partial charge in [-0.1, -0.05) is 24.3 Å². The van der Waals surface area contributed by atoms with Crippen LogP contribution in [0.25, 0.3) is 0 Å². The number of aromatic nitrogens is 2. The number of nitrogens with zero attached hydrogens (tertiary/aromatic N) is 4. The highest BCUT2D eigenvalue weighted by Gasteiger charge is 2.44. The highest BCUT2D eigenvalue weighted by Crippen LogP contribution is 2.44. The van der Waals surface area contributed by atoms with E-state index in [-0.39, 0.29) is 35.4 Å². The van der Waals surface area contributed by atoms with Crippen molar-refractivity contribution < 1.29 is 14.0 Å². The second kappa shape index (κ2) is 9.43. The number of hydrogen-bond donors (Lipinski definition) is 1. The van der Waals surface area contributed by atoms with Crippen molar-refractivity contribution in [3.63, 3.8) is 0 Å². The van der Waals surface area contributed by atoms with Crippen molar-refractivity contribution >= 4 is 23.3 Å². The molecule has 4 heterocycles. The molecule has 3 saturated heterocycles. The van der Waals surface area contributed by atoms with E-state index >= 15 is 0 Å². The molecule has 2 atom stereocenters. The van der Waals surface area contributed by atoms with Crippen LogP contribution in [-0.4, -0.2) is 52.1 Å². The Hall–Kier alpha value is -3.65. The quantitative estimate of drug-likeness (QED) is 0.590. The average Bonchev–Trinajstić information content (AvgIpc) is 3.13. The largest absolute Gasteiger partial charge is 0.333 e. The summed E-state index contributed by atoms with van der Waals surface area (Å²) in [6, 6.07) is 18.2. The maximum Gasteiger partial charge on any atom is 0.257 e. The number of piperidine rings is 1. The lowest BCUT2D eigenvalue weighted by molar-refractivity contribution is -0.123. The van der Waals surface area contributed by atoms with Crippen molar-refractivity contribution in [2.24, 2.45) is 5.92 Å². The molecule has 6 rings (SSSR count). The lowest BCUT2D eigenvalue weighted by atomic mass is 9.84. The zero-order valence-corrected chi connectivity index (χ0v) is 19.9. The standard InChI is InChI=1S/C28H28FN5O2/c29-25-5-2-1-4-24(25)28(36)33-22-11-12-23(33)15-19(14-22)18-7-9-21(10-8-18)34(26-6-3-13-31-32-26)27(35)20-16-30-17-20/h1-10,13,19-20,22-23,30H,11-12,14-17H2. The first-order valence-electron chi connectivity index (χ1n) is 12.6. The predicted octanol–water partition coefficient (Wildman–Crippen LogP) is 4.05. The summed E-state index contributed by atoms with van der Waals surface area (Å²) >= 11 is 0. The van der Waals surface area contributed by atoms with Crippen molar-refractivity contribution in [2.75, 3.05) is 18.0 Å². The fraction of sp³-hybridized carbons (Fsp3) is 0.357. The smallest absolute Gasteiger partial charge is 0.257 e. The molecule has 8 heteroatoms. The van der Waals surface area contributed by atoms with Gasteiger partial charge in [0.05, 0.1) is 17.2 Å². The highest BCUT2D eigenvalue weighted by molar-refractivity contribution is 6.01. The van der Waals surface area contributed by atoms with Crippen LogP contribution in [0.15, 0.2) is 66.9 Å². The van der Waals surface area contributed by atoms with Crippen molar-refractivity contribution in [3.8, 4) is 0 Å². The second-order valence-electron chi connectivity index (χ2n) is 9.95. The van der Waals surface area contributed by atoms with E-state index in [0.717, 1.165) is 31.4 Å². The number of halogens is 1. The molecule has 3 aliphatic heterocycles. The van der Waals surface area contributed by atoms with Gasteiger partial charge in [0.1, 0.15) is 5.82 Å². The minimum atomic E-state index is -0.459. The summed E-state index contributed by atoms with van der Waals surface area (Å²) in [5.74, 6) is 0.119. The van der Waals surface area contributed by atoms with Crippen LogP contribution in [0.3, 0.4) is 0 Å². The predicted molar refractivity (Wildman–Crippen MR) is 133 cm³/mol. The molecular weight excluding hydrogens is 457 g/mol. The number of rotatable bonds is 5. The number of carbonyl (C=O) groups is 2. The molecule has 0 spiro atoms. The molecular formula is C28H28FN5O2. The van der Waals surface area contributed by atoms with Crippen LogP contribution in [0, 0.1) is 11.7 Å². The van der Waals surface area contributed by atoms with Gasteiger partial charge >= 0.3 is 0 Å². The summed E-state index contributed by atoms with van der Waals surface area (Å²) in [7, 11) is 0. The van der Waals surface area contributed by atoms with Crippen LogP contribution < -0.4 is 10.2 Å². The highest BCUT2D eigenvalue weighted by atomic mass is 19.1. The molecule has 1 N–H and O–H groups in total. The average molecular weight is 486 g/mol. The molecule has 3 aromatic rings. The third kappa shape index (κ3) is 4.05. The zero-order chi connectivity index (χ0) is 24.6. The molecule has 7 nitrogen and oxygen atoms in total. The van der Waals surface area contributed by atoms with Crippen LogP contribution >= 0.6 is 0 Å². The summed E-state index contributed by atoms with van der Waals surface area (Å²) in [6.07, 6.45) is 5.21. The van der Waals surface area contributed by atoms with E-state index in [1.54, 1.807) is 41.4 Å². The van der Waals surface area contributed by atoms with Gasteiger partial charge in [0.15, 0.2) is 5.82 Å². The van der Waals surface area contributed by atoms with Gasteiger partial charge in [-0.05, 0) is 73.6 Å². The Morgan fingerprint density at radius 2 is 1.67 bits per heavy atom. The number of amides is 2.